The van der Waals surface area contributed by atoms with Gasteiger partial charge in [0.2, 0.25) is 17.8 Å². The second kappa shape index (κ2) is 32.7. The lowest BCUT2D eigenvalue weighted by Gasteiger charge is -2.13. The molecule has 33 aromatic rings. The van der Waals surface area contributed by atoms with E-state index in [2.05, 4.69) is 488 Å². The lowest BCUT2D eigenvalue weighted by atomic mass is 10.0. The molecule has 0 amide bonds. The van der Waals surface area contributed by atoms with E-state index in [1.165, 1.54) is 173 Å². The van der Waals surface area contributed by atoms with Gasteiger partial charge >= 0.3 is 0 Å². The number of aromatic nitrogens is 12. The van der Waals surface area contributed by atoms with E-state index in [0.29, 0.717) is 17.8 Å². The van der Waals surface area contributed by atoms with Gasteiger partial charge in [0.1, 0.15) is 0 Å². The van der Waals surface area contributed by atoms with Crippen molar-refractivity contribution in [2.24, 2.45) is 0 Å². The largest absolute Gasteiger partial charge is 0.309 e. The summed E-state index contributed by atoms with van der Waals surface area (Å²) >= 11 is 0. The van der Waals surface area contributed by atoms with Gasteiger partial charge in [-0.3, -0.25) is 13.7 Å². The topological polar surface area (TPSA) is 107 Å². The van der Waals surface area contributed by atoms with Gasteiger partial charge in [-0.05, 0) is 209 Å². The van der Waals surface area contributed by atoms with Crippen LogP contribution in [0.5, 0.6) is 0 Å². The fourth-order valence-corrected chi connectivity index (χ4v) is 24.2. The van der Waals surface area contributed by atoms with Crippen LogP contribution < -0.4 is 0 Å². The van der Waals surface area contributed by atoms with E-state index >= 15 is 0 Å². The lowest BCUT2D eigenvalue weighted by Crippen LogP contribution is -2.03. The van der Waals surface area contributed by atoms with Crippen LogP contribution in [0.4, 0.5) is 0 Å². The third-order valence-electron chi connectivity index (χ3n) is 30.7. The molecule has 0 aliphatic carbocycles. The SMILES string of the molecule is c1ccc(-c2nc(-n3c4ccccc4c4c5ccc(-n6c7ccccc7c7c8ccccc8ccc76)cc5ccc43)nc3ccccc23)cc1.c1ccc2cc(-c3nc(-n4c5ccccc5c5c6ccc(-n7c8ccccc8c8c9ccccc9ccc87)cc6ccc54)nc4ccccc34)ccc2c1.c1ccc2nc(-n3c4ccccc4c4c5ccc(-n6c7ccccc7c7c8ccccc8ccc76)cc5ccc43)ncc2c1. The minimum Gasteiger partial charge on any atom is -0.309 e. The molecule has 0 saturated carbocycles. The lowest BCUT2D eigenvalue weighted by molar-refractivity contribution is 1.01. The van der Waals surface area contributed by atoms with E-state index in [0.717, 1.165) is 105 Å². The molecule has 24 aromatic carbocycles. The van der Waals surface area contributed by atoms with Crippen molar-refractivity contribution in [3.8, 4) is 57.4 Å². The van der Waals surface area contributed by atoms with Crippen molar-refractivity contribution in [1.82, 2.24) is 57.3 Å². The zero-order valence-corrected chi connectivity index (χ0v) is 79.7. The highest BCUT2D eigenvalue weighted by atomic mass is 15.2. The van der Waals surface area contributed by atoms with Crippen LogP contribution in [0.3, 0.4) is 0 Å². The van der Waals surface area contributed by atoms with Crippen LogP contribution in [0.25, 0.3) is 296 Å². The first-order valence-corrected chi connectivity index (χ1v) is 50.4. The van der Waals surface area contributed by atoms with Crippen molar-refractivity contribution < 1.29 is 0 Å². The molecule has 0 bridgehead atoms. The molecule has 33 rings (SSSR count). The maximum atomic E-state index is 5.38. The first-order valence-electron chi connectivity index (χ1n) is 50.4. The maximum Gasteiger partial charge on any atom is 0.235 e. The third kappa shape index (κ3) is 12.7. The molecule has 686 valence electrons. The van der Waals surface area contributed by atoms with Gasteiger partial charge in [0.15, 0.2) is 0 Å². The van der Waals surface area contributed by atoms with Gasteiger partial charge in [0, 0.05) is 115 Å². The Kier molecular flexibility index (Phi) is 18.3. The summed E-state index contributed by atoms with van der Waals surface area (Å²) in [5.41, 5.74) is 24.0. The average Bonchev–Trinajstić information content (AvgIpc) is 1.56. The van der Waals surface area contributed by atoms with Crippen molar-refractivity contribution in [1.29, 1.82) is 0 Å². The van der Waals surface area contributed by atoms with Crippen molar-refractivity contribution in [3.05, 3.63) is 498 Å². The Morgan fingerprint density at radius 1 is 0.135 bits per heavy atom. The van der Waals surface area contributed by atoms with Gasteiger partial charge in [0.25, 0.3) is 0 Å². The minimum absolute atomic E-state index is 0.663. The molecule has 0 N–H and O–H groups in total. The van der Waals surface area contributed by atoms with Crippen LogP contribution >= 0.6 is 0 Å². The Morgan fingerprint density at radius 3 is 0.784 bits per heavy atom. The Hall–Kier alpha value is -20.1. The highest BCUT2D eigenvalue weighted by Crippen LogP contribution is 2.48. The third-order valence-corrected chi connectivity index (χ3v) is 30.7. The number of nitrogens with zero attached hydrogens (tertiary/aromatic N) is 12. The first-order chi connectivity index (χ1) is 73.4. The molecule has 0 spiro atoms. The first kappa shape index (κ1) is 82.6. The van der Waals surface area contributed by atoms with Gasteiger partial charge in [-0.15, -0.1) is 0 Å². The Bertz CT molecular complexity index is 11500. The van der Waals surface area contributed by atoms with E-state index in [1.54, 1.807) is 0 Å². The number of fused-ring (bicyclic) bond motifs is 34. The number of para-hydroxylation sites is 9. The Morgan fingerprint density at radius 2 is 0.399 bits per heavy atom. The second-order valence-corrected chi connectivity index (χ2v) is 38.7. The number of hydrogen-bond donors (Lipinski definition) is 0. The highest BCUT2D eigenvalue weighted by Gasteiger charge is 2.27. The van der Waals surface area contributed by atoms with E-state index in [4.69, 9.17) is 29.9 Å². The maximum absolute atomic E-state index is 5.38. The summed E-state index contributed by atoms with van der Waals surface area (Å²) in [6.07, 6.45) is 1.92. The van der Waals surface area contributed by atoms with Crippen LogP contribution in [-0.2, 0) is 0 Å². The molecule has 0 saturated heterocycles. The van der Waals surface area contributed by atoms with E-state index < -0.39 is 0 Å². The van der Waals surface area contributed by atoms with Crippen molar-refractivity contribution in [3.63, 3.8) is 0 Å². The zero-order chi connectivity index (χ0) is 96.9. The van der Waals surface area contributed by atoms with Crippen LogP contribution in [-0.4, -0.2) is 57.3 Å². The predicted molar refractivity (Wildman–Crippen MR) is 618 cm³/mol. The summed E-state index contributed by atoms with van der Waals surface area (Å²) in [5, 5.41) is 35.2. The van der Waals surface area contributed by atoms with Crippen molar-refractivity contribution >= 4 is 239 Å². The normalized spacial score (nSPS) is 12.1. The molecule has 9 heterocycles. The average molecular weight is 1880 g/mol. The second-order valence-electron chi connectivity index (χ2n) is 38.7. The van der Waals surface area contributed by atoms with Crippen LogP contribution in [0.1, 0.15) is 0 Å². The summed E-state index contributed by atoms with van der Waals surface area (Å²) in [5.74, 6) is 2.02. The van der Waals surface area contributed by atoms with Crippen molar-refractivity contribution in [2.45, 2.75) is 0 Å². The van der Waals surface area contributed by atoms with Crippen LogP contribution in [0.15, 0.2) is 498 Å². The smallest absolute Gasteiger partial charge is 0.235 e. The predicted octanol–water partition coefficient (Wildman–Crippen LogP) is 34.9. The summed E-state index contributed by atoms with van der Waals surface area (Å²) in [6.45, 7) is 0. The molecular formula is C136H82N12. The monoisotopic (exact) mass is 1880 g/mol. The minimum atomic E-state index is 0.663. The highest BCUT2D eigenvalue weighted by molar-refractivity contribution is 6.28. The fourth-order valence-electron chi connectivity index (χ4n) is 24.2. The summed E-state index contributed by atoms with van der Waals surface area (Å²) < 4.78 is 13.9. The van der Waals surface area contributed by atoms with Gasteiger partial charge in [-0.25, -0.2) is 29.9 Å². The Labute approximate surface area is 845 Å². The van der Waals surface area contributed by atoms with E-state index in [-0.39, 0.29) is 0 Å². The number of rotatable bonds is 8. The molecule has 0 fully saturated rings. The van der Waals surface area contributed by atoms with Crippen molar-refractivity contribution in [2.75, 3.05) is 0 Å². The quantitative estimate of drug-likeness (QED) is 0.150. The molecule has 0 aliphatic heterocycles. The summed E-state index contributed by atoms with van der Waals surface area (Å²) in [4.78, 5) is 30.8. The molecule has 0 unspecified atom stereocenters. The molecule has 0 radical (unpaired) electrons. The van der Waals surface area contributed by atoms with Crippen LogP contribution in [0.2, 0.25) is 0 Å². The molecule has 12 nitrogen and oxygen atoms in total. The van der Waals surface area contributed by atoms with Gasteiger partial charge in [-0.2, -0.15) is 0 Å². The summed E-state index contributed by atoms with van der Waals surface area (Å²) in [6, 6.07) is 176. The van der Waals surface area contributed by atoms with E-state index in [9.17, 15) is 0 Å². The Balaban J connectivity index is 0.000000101. The van der Waals surface area contributed by atoms with Gasteiger partial charge in [0.05, 0.1) is 94.1 Å². The molecule has 148 heavy (non-hydrogen) atoms. The molecule has 9 aromatic heterocycles. The number of hydrogen-bond acceptors (Lipinski definition) is 6. The van der Waals surface area contributed by atoms with E-state index in [1.807, 2.05) is 36.5 Å². The summed E-state index contributed by atoms with van der Waals surface area (Å²) in [7, 11) is 0. The van der Waals surface area contributed by atoms with Gasteiger partial charge in [-0.1, -0.05) is 358 Å². The number of benzene rings is 24. The molecule has 12 heteroatoms. The zero-order valence-electron chi connectivity index (χ0n) is 79.7. The molecular weight excluding hydrogens is 1800 g/mol. The standard InChI is InChI=1S/C50H30N4.C46H28N4.C40H24N4/c1-2-13-33-29-35(22-21-31(33)11-1)49-39-15-5-8-18-42(39)51-50(52-49)54-44-20-10-7-17-41(44)48-38-26-25-36(30-34(38)24-28-46(48)54)53-43-19-9-6-16-40(43)47-37-14-4-3-12-32(37)23-27-45(47)53;1-2-13-30(14-3-1)45-35-16-6-9-19-38(35)47-46(48-45)50-40-21-11-8-18-37(40)44-34-25-24-32(28-31(34)23-27-42(44)50)49-39-20-10-7-17-36(39)43-33-15-5-4-12-29(33)22-26-41(43)49;1-3-11-29-25(9-1)17-21-36-38(29)31-12-4-7-15-34(31)43(36)28-19-20-30-26(23-28)18-22-37-39(30)32-13-5-8-16-35(32)44(37)40-41-24-27-10-2-6-14-33(27)42-40/h1-30H;1-28H;1-24H. The van der Waals surface area contributed by atoms with Gasteiger partial charge < -0.3 is 13.7 Å². The molecule has 0 aliphatic rings. The fraction of sp³-hybridized carbons (Fsp3) is 0. The van der Waals surface area contributed by atoms with Crippen LogP contribution in [0, 0.1) is 0 Å². The molecule has 0 atom stereocenters.